The van der Waals surface area contributed by atoms with Crippen LogP contribution in [0.3, 0.4) is 0 Å². The summed E-state index contributed by atoms with van der Waals surface area (Å²) in [6, 6.07) is 22.3. The van der Waals surface area contributed by atoms with E-state index >= 15 is 0 Å². The maximum absolute atomic E-state index is 11.2. The molecule has 9 heterocycles. The average molecular weight is 1790 g/mol. The normalized spacial score (nSPS) is 16.5. The number of aliphatic hydroxyl groups excluding tert-OH is 1. The van der Waals surface area contributed by atoms with Gasteiger partial charge in [-0.15, -0.1) is 12.4 Å². The predicted octanol–water partition coefficient (Wildman–Crippen LogP) is 14.0. The summed E-state index contributed by atoms with van der Waals surface area (Å²) in [4.78, 5) is 57.3. The van der Waals surface area contributed by atoms with Crippen molar-refractivity contribution in [1.82, 2.24) is 29.9 Å². The Morgan fingerprint density at radius 1 is 0.504 bits per heavy atom. The summed E-state index contributed by atoms with van der Waals surface area (Å²) in [5.74, 6) is -0.582. The molecule has 3 aliphatic carbocycles. The van der Waals surface area contributed by atoms with Crippen LogP contribution in [0.25, 0.3) is 0 Å². The van der Waals surface area contributed by atoms with Crippen molar-refractivity contribution in [3.8, 4) is 11.8 Å². The first-order valence-electron chi connectivity index (χ1n) is 37.9. The Kier molecular flexibility index (Phi) is 53.7. The number of esters is 1. The van der Waals surface area contributed by atoms with Crippen LogP contribution in [-0.4, -0.2) is 199 Å². The Balaban J connectivity index is 0. The van der Waals surface area contributed by atoms with Crippen molar-refractivity contribution in [1.29, 1.82) is 0 Å². The van der Waals surface area contributed by atoms with Crippen LogP contribution in [0.1, 0.15) is 232 Å². The number of hydrogen-bond acceptors (Lipinski definition) is 24. The minimum atomic E-state index is -0.989. The van der Waals surface area contributed by atoms with Crippen molar-refractivity contribution >= 4 is 99.6 Å². The van der Waals surface area contributed by atoms with Gasteiger partial charge < -0.3 is 102 Å². The SMILES string of the molecule is C1CCOC1.CCOC(=O)c1cc(C)nc(Cl)c1.CCOC(OCC)OCC.Cc1cc(C(=O)O)cc(Cl)n1.Cc1cc(C(C)(C)O)cc(Cl)n1.Cc1cc(C(C)(C)O)cc(OC2CCC(=O)CC2)n1.Cc1cc(C(C)(C)O)cc(OC2CCC3(CC2)OCCO3)n1.Cc1cccc(Cl)n1.Cl.OC1CCC2(CC1)OCCO2.[2HH].[Br-].[CH3-].[Mg+2]. The number of halogens is 6. The Hall–Kier alpha value is -4.67. The number of aliphatic hydroxyl groups is 4. The molecule has 0 aromatic carbocycles. The van der Waals surface area contributed by atoms with Gasteiger partial charge in [-0.05, 0) is 240 Å². The Bertz CT molecular complexity index is 3670. The number of carbonyl (C=O) groups excluding carboxylic acids is 2. The number of hydrogen-bond donors (Lipinski definition) is 5. The van der Waals surface area contributed by atoms with Crippen LogP contribution < -0.4 is 26.5 Å². The molecule has 2 spiro atoms. The van der Waals surface area contributed by atoms with Gasteiger partial charge >= 0.3 is 35.0 Å². The Morgan fingerprint density at radius 3 is 1.20 bits per heavy atom. The maximum atomic E-state index is 11.2. The van der Waals surface area contributed by atoms with E-state index in [0.29, 0.717) is 102 Å². The molecule has 0 atom stereocenters. The van der Waals surface area contributed by atoms with Crippen molar-refractivity contribution in [2.45, 2.75) is 254 Å². The molecular formula is C83H124BrCl5MgN6O19. The van der Waals surface area contributed by atoms with Crippen molar-refractivity contribution in [2.75, 3.05) is 66.1 Å². The molecule has 115 heavy (non-hydrogen) atoms. The number of ether oxygens (including phenoxy) is 11. The van der Waals surface area contributed by atoms with Gasteiger partial charge in [0.15, 0.2) is 11.6 Å². The number of carbonyl (C=O) groups is 3. The number of pyridine rings is 6. The largest absolute Gasteiger partial charge is 2.00 e. The molecular weight excluding hydrogens is 1670 g/mol. The van der Waals surface area contributed by atoms with Crippen LogP contribution in [0.5, 0.6) is 11.8 Å². The van der Waals surface area contributed by atoms with Crippen LogP contribution in [0.4, 0.5) is 0 Å². The second-order valence-corrected chi connectivity index (χ2v) is 30.1. The third kappa shape index (κ3) is 44.4. The molecule has 3 saturated heterocycles. The monoisotopic (exact) mass is 1790 g/mol. The topological polar surface area (TPSA) is 331 Å². The fraction of sp³-hybridized carbons (Fsp3) is 0.590. The van der Waals surface area contributed by atoms with Crippen molar-refractivity contribution in [2.24, 2.45) is 0 Å². The number of rotatable bonds is 16. The zero-order valence-electron chi connectivity index (χ0n) is 69.9. The summed E-state index contributed by atoms with van der Waals surface area (Å²) in [6.07, 6.45) is 12.2. The van der Waals surface area contributed by atoms with Gasteiger partial charge in [0.25, 0.3) is 6.48 Å². The molecule has 0 radical (unpaired) electrons. The first-order valence-corrected chi connectivity index (χ1v) is 39.4. The molecule has 0 bridgehead atoms. The van der Waals surface area contributed by atoms with Gasteiger partial charge in [0.2, 0.25) is 11.8 Å². The number of aryl methyl sites for hydroxylation is 6. The zero-order chi connectivity index (χ0) is 82.5. The first-order chi connectivity index (χ1) is 52.3. The van der Waals surface area contributed by atoms with E-state index in [-0.39, 0.29) is 108 Å². The zero-order valence-corrected chi connectivity index (χ0v) is 76.8. The molecule has 6 aliphatic rings. The molecule has 5 N–H and O–H groups in total. The van der Waals surface area contributed by atoms with Gasteiger partial charge in [0.05, 0.1) is 67.1 Å². The van der Waals surface area contributed by atoms with Gasteiger partial charge in [-0.2, -0.15) is 0 Å². The van der Waals surface area contributed by atoms with E-state index in [1.807, 2.05) is 84.9 Å². The molecule has 3 aliphatic heterocycles. The number of aromatic carboxylic acids is 1. The average Bonchev–Trinajstić information content (AvgIpc) is 1.52. The molecule has 32 heteroatoms. The number of nitrogens with zero attached hydrogens (tertiary/aromatic N) is 6. The third-order valence-electron chi connectivity index (χ3n) is 17.2. The second kappa shape index (κ2) is 56.0. The van der Waals surface area contributed by atoms with Crippen molar-refractivity contribution < 1.29 is 110 Å². The molecule has 12 rings (SSSR count). The number of aromatic nitrogens is 6. The van der Waals surface area contributed by atoms with Gasteiger partial charge in [-0.1, -0.05) is 52.5 Å². The number of carboxylic acids is 1. The predicted molar refractivity (Wildman–Crippen MR) is 447 cm³/mol. The molecule has 6 aromatic rings. The quantitative estimate of drug-likeness (QED) is 0.0198. The minimum Gasteiger partial charge on any atom is -1.00 e. The number of Topliss-reactive ketones (excluding diaryl/α,β-unsaturated/α-hetero) is 1. The van der Waals surface area contributed by atoms with Crippen LogP contribution in [0.15, 0.2) is 78.9 Å². The van der Waals surface area contributed by atoms with E-state index < -0.39 is 29.2 Å². The Labute approximate surface area is 735 Å². The molecule has 0 amide bonds. The summed E-state index contributed by atoms with van der Waals surface area (Å²) in [5.41, 5.74) is 5.13. The minimum absolute atomic E-state index is 0. The molecule has 0 unspecified atom stereocenters. The van der Waals surface area contributed by atoms with Gasteiger partial charge in [0.1, 0.15) is 38.6 Å². The summed E-state index contributed by atoms with van der Waals surface area (Å²) in [5, 5.41) is 49.2. The van der Waals surface area contributed by atoms with Gasteiger partial charge in [-0.25, -0.2) is 39.5 Å². The fourth-order valence-electron chi connectivity index (χ4n) is 11.5. The van der Waals surface area contributed by atoms with E-state index in [1.54, 1.807) is 86.6 Å². The van der Waals surface area contributed by atoms with E-state index in [0.717, 1.165) is 130 Å². The molecule has 6 aromatic heterocycles. The van der Waals surface area contributed by atoms with E-state index in [1.165, 1.54) is 31.0 Å². The summed E-state index contributed by atoms with van der Waals surface area (Å²) < 4.78 is 59.3. The number of carboxylic acid groups (broad SMARTS) is 1. The summed E-state index contributed by atoms with van der Waals surface area (Å²) in [6.45, 7) is 35.5. The maximum Gasteiger partial charge on any atom is 2.00 e. The van der Waals surface area contributed by atoms with Crippen LogP contribution >= 0.6 is 58.8 Å². The third-order valence-corrected chi connectivity index (χ3v) is 18.0. The van der Waals surface area contributed by atoms with Crippen LogP contribution in [0, 0.1) is 49.0 Å². The summed E-state index contributed by atoms with van der Waals surface area (Å²) >= 11 is 22.5. The van der Waals surface area contributed by atoms with E-state index in [2.05, 4.69) is 29.9 Å². The fourth-order valence-corrected chi connectivity index (χ4v) is 12.5. The number of ketones is 1. The smallest absolute Gasteiger partial charge is 1.00 e. The van der Waals surface area contributed by atoms with Crippen molar-refractivity contribution in [3.63, 3.8) is 0 Å². The summed E-state index contributed by atoms with van der Waals surface area (Å²) in [7, 11) is 0. The van der Waals surface area contributed by atoms with E-state index in [9.17, 15) is 34.8 Å². The van der Waals surface area contributed by atoms with E-state index in [4.69, 9.17) is 104 Å². The van der Waals surface area contributed by atoms with Crippen LogP contribution in [0.2, 0.25) is 20.6 Å². The second-order valence-electron chi connectivity index (χ2n) is 28.5. The Morgan fingerprint density at radius 2 is 0.861 bits per heavy atom. The molecule has 3 saturated carbocycles. The van der Waals surface area contributed by atoms with Gasteiger partial charge in [0, 0.05) is 119 Å². The molecule has 644 valence electrons. The first kappa shape index (κ1) is 110. The standard InChI is InChI=1S/C17H25NO4.C15H21NO3.C9H10ClNO2.C9H12ClNO.C8H14O3.C7H6ClNO2.C7H16O3.C6H6ClN.C4H8O.CH3.BrH.ClH.Mg.H2/c1-12-10-13(16(2,3)19)11-15(18-12)22-14-4-6-17(7-5-14)20-8-9-21-17;1-10-8-11(15(2,3)18)9-14(16-10)19-13-6-4-12(17)5-7-13;1-3-13-9(12)7-4-6(2)11-8(10)5-7;1-6-4-7(9(2,3)12)5-8(10)11-6;9-7-1-3-8(4-2-7)10-5-6-11-8;1-4-2-5(7(10)11)3-6(8)9-4;1-4-8-7(9-5-2)10-6-3;1-5-3-2-4-6(7)8-5;1-2-4-5-3-1;;;;;/h10-11,14,19H,4-9H2,1-3H3;8-9,13,18H,4-7H2,1-3H3;4-5H,3H2,1-2H3;4-5,12H,1-3H3;7,9H,1-6H2;2-3H,1H3,(H,10,11);7H,4-6H2,1-3H3;2-4H,1H3;1-4H2;1H3;2*1H;;1H/q;;;;;;;;;-1;;;+2;/p-1/i;;;;;;;;;;;;;1+1. The van der Waals surface area contributed by atoms with Gasteiger partial charge in [-0.3, -0.25) is 4.79 Å². The molecule has 6 fully saturated rings. The van der Waals surface area contributed by atoms with Crippen LogP contribution in [-0.2, 0) is 64.2 Å². The van der Waals surface area contributed by atoms with Crippen molar-refractivity contribution in [3.05, 3.63) is 169 Å². The molecule has 25 nitrogen and oxygen atoms in total.